The van der Waals surface area contributed by atoms with Gasteiger partial charge in [-0.3, -0.25) is 4.79 Å². The summed E-state index contributed by atoms with van der Waals surface area (Å²) < 4.78 is 26.8. The number of nitrogens with zero attached hydrogens (tertiary/aromatic N) is 1. The lowest BCUT2D eigenvalue weighted by Crippen LogP contribution is -2.14. The molecule has 0 aliphatic heterocycles. The van der Waals surface area contributed by atoms with E-state index in [0.29, 0.717) is 17.5 Å². The second-order valence-corrected chi connectivity index (χ2v) is 5.02. The minimum atomic E-state index is -3.63. The van der Waals surface area contributed by atoms with Crippen LogP contribution < -0.4 is 9.50 Å². The minimum Gasteiger partial charge on any atom is -0.411 e. The van der Waals surface area contributed by atoms with Crippen molar-refractivity contribution in [2.45, 2.75) is 6.92 Å². The van der Waals surface area contributed by atoms with Crippen LogP contribution >= 0.6 is 0 Å². The van der Waals surface area contributed by atoms with Crippen LogP contribution in [0.1, 0.15) is 5.56 Å². The standard InChI is InChI=1S/C10H12N2O5S/c1-7-8(12-10(13)6-11-14)4-3-5-9(7)17-18(2,15)16/h3-6,14H,1-2H3,(H,12,13). The Labute approximate surface area is 104 Å². The molecule has 7 nitrogen and oxygen atoms in total. The first-order valence-corrected chi connectivity index (χ1v) is 6.62. The summed E-state index contributed by atoms with van der Waals surface area (Å²) in [6, 6.07) is 4.55. The van der Waals surface area contributed by atoms with Gasteiger partial charge in [-0.15, -0.1) is 0 Å². The average Bonchev–Trinajstić information content (AvgIpc) is 2.22. The number of amides is 1. The van der Waals surface area contributed by atoms with E-state index in [4.69, 9.17) is 9.39 Å². The molecule has 0 spiro atoms. The van der Waals surface area contributed by atoms with Gasteiger partial charge in [0.25, 0.3) is 5.91 Å². The van der Waals surface area contributed by atoms with Gasteiger partial charge in [0.05, 0.1) is 6.26 Å². The molecule has 0 unspecified atom stereocenters. The van der Waals surface area contributed by atoms with Crippen molar-refractivity contribution in [3.05, 3.63) is 23.8 Å². The number of nitrogens with one attached hydrogen (secondary N) is 1. The molecule has 1 rings (SSSR count). The Morgan fingerprint density at radius 3 is 2.72 bits per heavy atom. The molecule has 0 aromatic heterocycles. The minimum absolute atomic E-state index is 0.122. The first-order chi connectivity index (χ1) is 8.33. The molecular formula is C10H12N2O5S. The van der Waals surface area contributed by atoms with E-state index in [1.165, 1.54) is 12.1 Å². The van der Waals surface area contributed by atoms with E-state index in [-0.39, 0.29) is 5.75 Å². The number of hydrogen-bond donors (Lipinski definition) is 2. The maximum absolute atomic E-state index is 11.2. The molecule has 0 bridgehead atoms. The highest BCUT2D eigenvalue weighted by atomic mass is 32.2. The van der Waals surface area contributed by atoms with Gasteiger partial charge >= 0.3 is 10.1 Å². The molecule has 8 heteroatoms. The monoisotopic (exact) mass is 272 g/mol. The maximum Gasteiger partial charge on any atom is 0.306 e. The number of carbonyl (C=O) groups is 1. The molecule has 2 N–H and O–H groups in total. The van der Waals surface area contributed by atoms with Gasteiger partial charge in [-0.25, -0.2) is 0 Å². The molecule has 0 fully saturated rings. The lowest BCUT2D eigenvalue weighted by Gasteiger charge is -2.10. The van der Waals surface area contributed by atoms with Crippen LogP contribution in [0.15, 0.2) is 23.4 Å². The first kappa shape index (κ1) is 14.0. The van der Waals surface area contributed by atoms with Crippen molar-refractivity contribution in [1.82, 2.24) is 0 Å². The predicted octanol–water partition coefficient (Wildman–Crippen LogP) is 0.732. The van der Waals surface area contributed by atoms with Gasteiger partial charge in [-0.1, -0.05) is 11.2 Å². The van der Waals surface area contributed by atoms with E-state index in [2.05, 4.69) is 10.5 Å². The largest absolute Gasteiger partial charge is 0.411 e. The van der Waals surface area contributed by atoms with Crippen LogP contribution in [0.25, 0.3) is 0 Å². The second-order valence-electron chi connectivity index (χ2n) is 3.45. The quantitative estimate of drug-likeness (QED) is 0.364. The fraction of sp³-hybridized carbons (Fsp3) is 0.200. The fourth-order valence-corrected chi connectivity index (χ4v) is 1.73. The summed E-state index contributed by atoms with van der Waals surface area (Å²) in [6.45, 7) is 1.59. The lowest BCUT2D eigenvalue weighted by molar-refractivity contribution is -0.110. The summed E-state index contributed by atoms with van der Waals surface area (Å²) in [5.41, 5.74) is 0.809. The Hall–Kier alpha value is -2.09. The summed E-state index contributed by atoms with van der Waals surface area (Å²) in [5.74, 6) is -0.520. The van der Waals surface area contributed by atoms with Gasteiger partial charge in [-0.05, 0) is 19.1 Å². The fourth-order valence-electron chi connectivity index (χ4n) is 1.22. The van der Waals surface area contributed by atoms with Gasteiger partial charge in [0.2, 0.25) is 0 Å². The SMILES string of the molecule is Cc1c(NC(=O)C=NO)cccc1OS(C)(=O)=O. The van der Waals surface area contributed by atoms with Crippen molar-refractivity contribution in [2.75, 3.05) is 11.6 Å². The number of hydrogen-bond acceptors (Lipinski definition) is 6. The number of rotatable bonds is 4. The summed E-state index contributed by atoms with van der Waals surface area (Å²) in [7, 11) is -3.63. The third-order valence-corrected chi connectivity index (χ3v) is 2.44. The second kappa shape index (κ2) is 5.50. The number of carbonyl (C=O) groups excluding carboxylic acids is 1. The highest BCUT2D eigenvalue weighted by Crippen LogP contribution is 2.26. The number of benzene rings is 1. The molecule has 0 heterocycles. The Kier molecular flexibility index (Phi) is 4.27. The van der Waals surface area contributed by atoms with E-state index in [1.807, 2.05) is 0 Å². The Bertz CT molecular complexity index is 580. The van der Waals surface area contributed by atoms with Crippen LogP contribution in [0, 0.1) is 6.92 Å². The Morgan fingerprint density at radius 2 is 2.17 bits per heavy atom. The van der Waals surface area contributed by atoms with E-state index in [1.54, 1.807) is 13.0 Å². The molecular weight excluding hydrogens is 260 g/mol. The molecule has 0 saturated heterocycles. The molecule has 0 radical (unpaired) electrons. The van der Waals surface area contributed by atoms with Crippen molar-refractivity contribution in [3.8, 4) is 5.75 Å². The molecule has 1 amide bonds. The third kappa shape index (κ3) is 4.06. The van der Waals surface area contributed by atoms with Crippen molar-refractivity contribution >= 4 is 27.9 Å². The Morgan fingerprint density at radius 1 is 1.50 bits per heavy atom. The van der Waals surface area contributed by atoms with Gasteiger partial charge in [-0.2, -0.15) is 8.42 Å². The summed E-state index contributed by atoms with van der Waals surface area (Å²) in [5, 5.41) is 13.2. The summed E-state index contributed by atoms with van der Waals surface area (Å²) in [6.07, 6.45) is 1.61. The molecule has 98 valence electrons. The van der Waals surface area contributed by atoms with E-state index in [0.717, 1.165) is 6.26 Å². The smallest absolute Gasteiger partial charge is 0.306 e. The van der Waals surface area contributed by atoms with E-state index >= 15 is 0 Å². The van der Waals surface area contributed by atoms with Crippen LogP contribution in [-0.4, -0.2) is 32.0 Å². The molecule has 18 heavy (non-hydrogen) atoms. The topological polar surface area (TPSA) is 105 Å². The number of anilines is 1. The maximum atomic E-state index is 11.2. The highest BCUT2D eigenvalue weighted by Gasteiger charge is 2.11. The van der Waals surface area contributed by atoms with E-state index < -0.39 is 16.0 Å². The third-order valence-electron chi connectivity index (χ3n) is 1.96. The van der Waals surface area contributed by atoms with Crippen molar-refractivity contribution in [3.63, 3.8) is 0 Å². The zero-order valence-electron chi connectivity index (χ0n) is 9.75. The highest BCUT2D eigenvalue weighted by molar-refractivity contribution is 7.86. The van der Waals surface area contributed by atoms with Crippen LogP contribution in [0.3, 0.4) is 0 Å². The molecule has 0 aliphatic rings. The zero-order valence-corrected chi connectivity index (χ0v) is 10.6. The molecule has 0 aliphatic carbocycles. The predicted molar refractivity (Wildman–Crippen MR) is 65.6 cm³/mol. The molecule has 0 saturated carbocycles. The molecule has 1 aromatic rings. The summed E-state index contributed by atoms with van der Waals surface area (Å²) in [4.78, 5) is 11.2. The van der Waals surface area contributed by atoms with Crippen molar-refractivity contribution in [1.29, 1.82) is 0 Å². The average molecular weight is 272 g/mol. The zero-order chi connectivity index (χ0) is 13.8. The van der Waals surface area contributed by atoms with E-state index in [9.17, 15) is 13.2 Å². The first-order valence-electron chi connectivity index (χ1n) is 4.81. The van der Waals surface area contributed by atoms with Gasteiger partial charge in [0.1, 0.15) is 12.0 Å². The normalized spacial score (nSPS) is 11.4. The van der Waals surface area contributed by atoms with Gasteiger partial charge < -0.3 is 14.7 Å². The molecule has 1 aromatic carbocycles. The number of oxime groups is 1. The van der Waals surface area contributed by atoms with Crippen molar-refractivity contribution < 1.29 is 22.6 Å². The van der Waals surface area contributed by atoms with Gasteiger partial charge in [0, 0.05) is 11.3 Å². The van der Waals surface area contributed by atoms with Crippen molar-refractivity contribution in [2.24, 2.45) is 5.16 Å². The van der Waals surface area contributed by atoms with Crippen LogP contribution in [0.4, 0.5) is 5.69 Å². The van der Waals surface area contributed by atoms with Gasteiger partial charge in [0.15, 0.2) is 0 Å². The lowest BCUT2D eigenvalue weighted by atomic mass is 10.2. The molecule has 0 atom stereocenters. The van der Waals surface area contributed by atoms with Crippen LogP contribution in [0.2, 0.25) is 0 Å². The Balaban J connectivity index is 3.02. The van der Waals surface area contributed by atoms with Crippen LogP contribution in [-0.2, 0) is 14.9 Å². The van der Waals surface area contributed by atoms with Crippen LogP contribution in [0.5, 0.6) is 5.75 Å². The summed E-state index contributed by atoms with van der Waals surface area (Å²) >= 11 is 0.